The Hall–Kier alpha value is -1.42. The molecule has 0 amide bonds. The normalized spacial score (nSPS) is 18.0. The van der Waals surface area contributed by atoms with Gasteiger partial charge in [-0.25, -0.2) is 4.79 Å². The monoisotopic (exact) mass is 269 g/mol. The van der Waals surface area contributed by atoms with E-state index in [-0.39, 0.29) is 6.10 Å². The van der Waals surface area contributed by atoms with Gasteiger partial charge in [0, 0.05) is 12.1 Å². The third-order valence-corrected chi connectivity index (χ3v) is 3.01. The number of fused-ring (bicyclic) bond motifs is 1. The van der Waals surface area contributed by atoms with E-state index in [2.05, 4.69) is 0 Å². The minimum Gasteiger partial charge on any atom is -0.486 e. The topological polar surface area (TPSA) is 38.8 Å². The number of hydrogen-bond acceptors (Lipinski definition) is 4. The molecule has 0 fully saturated rings. The smallest absolute Gasteiger partial charge is 0.342 e. The molecule has 0 bridgehead atoms. The van der Waals surface area contributed by atoms with Gasteiger partial charge < -0.3 is 14.4 Å². The number of halogens is 1. The van der Waals surface area contributed by atoms with Crippen molar-refractivity contribution >= 4 is 23.3 Å². The summed E-state index contributed by atoms with van der Waals surface area (Å²) in [5, 5.41) is 0.502. The van der Waals surface area contributed by atoms with Crippen LogP contribution in [0.15, 0.2) is 12.1 Å². The summed E-state index contributed by atoms with van der Waals surface area (Å²) >= 11 is 6.04. The lowest BCUT2D eigenvalue weighted by Crippen LogP contribution is -2.36. The van der Waals surface area contributed by atoms with Gasteiger partial charge in [-0.2, -0.15) is 0 Å². The fraction of sp³-hybridized carbons (Fsp3) is 0.462. The van der Waals surface area contributed by atoms with E-state index < -0.39 is 5.97 Å². The zero-order valence-electron chi connectivity index (χ0n) is 10.7. The maximum absolute atomic E-state index is 11.9. The second-order valence-corrected chi connectivity index (χ2v) is 4.77. The molecule has 1 aromatic rings. The van der Waals surface area contributed by atoms with Crippen molar-refractivity contribution in [3.8, 4) is 5.75 Å². The SMILES string of the molecule is CCOC(=O)c1cc(Cl)cc2c1OC(C)CN2C. The van der Waals surface area contributed by atoms with Crippen LogP contribution in [0, 0.1) is 0 Å². The molecule has 1 heterocycles. The van der Waals surface area contributed by atoms with Crippen molar-refractivity contribution < 1.29 is 14.3 Å². The number of hydrogen-bond donors (Lipinski definition) is 0. The zero-order chi connectivity index (χ0) is 13.3. The predicted molar refractivity (Wildman–Crippen MR) is 70.8 cm³/mol. The fourth-order valence-electron chi connectivity index (χ4n) is 2.07. The summed E-state index contributed by atoms with van der Waals surface area (Å²) in [4.78, 5) is 13.9. The molecule has 0 N–H and O–H groups in total. The maximum atomic E-state index is 11.9. The molecule has 98 valence electrons. The van der Waals surface area contributed by atoms with Gasteiger partial charge in [-0.05, 0) is 26.0 Å². The molecule has 2 rings (SSSR count). The molecule has 1 aliphatic heterocycles. The van der Waals surface area contributed by atoms with Gasteiger partial charge in [-0.3, -0.25) is 0 Å². The molecule has 0 aliphatic carbocycles. The van der Waals surface area contributed by atoms with Crippen molar-refractivity contribution in [1.29, 1.82) is 0 Å². The molecule has 0 saturated carbocycles. The molecular weight excluding hydrogens is 254 g/mol. The Morgan fingerprint density at radius 1 is 1.61 bits per heavy atom. The van der Waals surface area contributed by atoms with E-state index >= 15 is 0 Å². The number of nitrogens with zero attached hydrogens (tertiary/aromatic N) is 1. The first-order valence-corrected chi connectivity index (χ1v) is 6.29. The van der Waals surface area contributed by atoms with Crippen LogP contribution in [0.1, 0.15) is 24.2 Å². The number of ether oxygens (including phenoxy) is 2. The highest BCUT2D eigenvalue weighted by Gasteiger charge is 2.27. The molecule has 1 atom stereocenters. The van der Waals surface area contributed by atoms with E-state index in [0.717, 1.165) is 12.2 Å². The van der Waals surface area contributed by atoms with Gasteiger partial charge in [0.15, 0.2) is 5.75 Å². The van der Waals surface area contributed by atoms with E-state index in [1.807, 2.05) is 18.9 Å². The lowest BCUT2D eigenvalue weighted by Gasteiger charge is -2.33. The van der Waals surface area contributed by atoms with Gasteiger partial charge in [0.25, 0.3) is 0 Å². The summed E-state index contributed by atoms with van der Waals surface area (Å²) in [6, 6.07) is 3.38. The molecule has 0 saturated heterocycles. The highest BCUT2D eigenvalue weighted by atomic mass is 35.5. The van der Waals surface area contributed by atoms with E-state index in [0.29, 0.717) is 22.9 Å². The average molecular weight is 270 g/mol. The van der Waals surface area contributed by atoms with Crippen LogP contribution in [0.4, 0.5) is 5.69 Å². The first-order valence-electron chi connectivity index (χ1n) is 5.91. The average Bonchev–Trinajstić information content (AvgIpc) is 2.29. The van der Waals surface area contributed by atoms with Crippen LogP contribution in [0.3, 0.4) is 0 Å². The molecule has 1 unspecified atom stereocenters. The van der Waals surface area contributed by atoms with Crippen LogP contribution in [0.25, 0.3) is 0 Å². The Kier molecular flexibility index (Phi) is 3.66. The van der Waals surface area contributed by atoms with Crippen LogP contribution < -0.4 is 9.64 Å². The molecule has 4 nitrogen and oxygen atoms in total. The largest absolute Gasteiger partial charge is 0.486 e. The fourth-order valence-corrected chi connectivity index (χ4v) is 2.28. The van der Waals surface area contributed by atoms with E-state index in [9.17, 15) is 4.79 Å². The zero-order valence-corrected chi connectivity index (χ0v) is 11.5. The summed E-state index contributed by atoms with van der Waals surface area (Å²) in [6.45, 7) is 4.81. The second-order valence-electron chi connectivity index (χ2n) is 4.33. The number of esters is 1. The van der Waals surface area contributed by atoms with Crippen molar-refractivity contribution in [3.05, 3.63) is 22.7 Å². The third-order valence-electron chi connectivity index (χ3n) is 2.79. The van der Waals surface area contributed by atoms with Gasteiger partial charge in [0.1, 0.15) is 11.7 Å². The standard InChI is InChI=1S/C13H16ClNO3/c1-4-17-13(16)10-5-9(14)6-11-12(10)18-8(2)7-15(11)3/h5-6,8H,4,7H2,1-3H3. The van der Waals surface area contributed by atoms with E-state index in [1.54, 1.807) is 19.1 Å². The Morgan fingerprint density at radius 3 is 3.00 bits per heavy atom. The van der Waals surface area contributed by atoms with Gasteiger partial charge in [-0.1, -0.05) is 11.6 Å². The predicted octanol–water partition coefficient (Wildman–Crippen LogP) is 2.73. The number of carbonyl (C=O) groups is 1. The van der Waals surface area contributed by atoms with Crippen molar-refractivity contribution in [1.82, 2.24) is 0 Å². The summed E-state index contributed by atoms with van der Waals surface area (Å²) in [5.74, 6) is 0.151. The van der Waals surface area contributed by atoms with Gasteiger partial charge in [0.05, 0.1) is 18.8 Å². The Balaban J connectivity index is 2.50. The quantitative estimate of drug-likeness (QED) is 0.774. The lowest BCUT2D eigenvalue weighted by molar-refractivity contribution is 0.0519. The van der Waals surface area contributed by atoms with E-state index in [1.165, 1.54) is 0 Å². The molecule has 0 spiro atoms. The van der Waals surface area contributed by atoms with E-state index in [4.69, 9.17) is 21.1 Å². The second kappa shape index (κ2) is 5.06. The van der Waals surface area contributed by atoms with Crippen molar-refractivity contribution in [2.24, 2.45) is 0 Å². The summed E-state index contributed by atoms with van der Waals surface area (Å²) in [6.07, 6.45) is 0.0249. The lowest BCUT2D eigenvalue weighted by atomic mass is 10.1. The number of rotatable bonds is 2. The molecular formula is C13H16ClNO3. The Bertz CT molecular complexity index is 476. The first-order chi connectivity index (χ1) is 8.52. The molecule has 1 aliphatic rings. The number of carbonyl (C=O) groups excluding carboxylic acids is 1. The van der Waals surface area contributed by atoms with Gasteiger partial charge >= 0.3 is 5.97 Å². The molecule has 0 radical (unpaired) electrons. The Labute approximate surface area is 111 Å². The van der Waals surface area contributed by atoms with Crippen LogP contribution in [0.2, 0.25) is 5.02 Å². The summed E-state index contributed by atoms with van der Waals surface area (Å²) < 4.78 is 10.8. The summed E-state index contributed by atoms with van der Waals surface area (Å²) in [5.41, 5.74) is 1.21. The number of likely N-dealkylation sites (N-methyl/N-ethyl adjacent to an activating group) is 1. The van der Waals surface area contributed by atoms with Crippen molar-refractivity contribution in [2.75, 3.05) is 25.1 Å². The first kappa shape index (κ1) is 13.0. The maximum Gasteiger partial charge on any atom is 0.342 e. The number of anilines is 1. The minimum atomic E-state index is -0.404. The third kappa shape index (κ3) is 2.38. The van der Waals surface area contributed by atoms with Crippen LogP contribution in [0.5, 0.6) is 5.75 Å². The van der Waals surface area contributed by atoms with Crippen molar-refractivity contribution in [3.63, 3.8) is 0 Å². The van der Waals surface area contributed by atoms with Gasteiger partial charge in [0.2, 0.25) is 0 Å². The van der Waals surface area contributed by atoms with Crippen LogP contribution in [-0.4, -0.2) is 32.3 Å². The van der Waals surface area contributed by atoms with Crippen LogP contribution >= 0.6 is 11.6 Å². The highest BCUT2D eigenvalue weighted by Crippen LogP contribution is 2.38. The van der Waals surface area contributed by atoms with Crippen molar-refractivity contribution in [2.45, 2.75) is 20.0 Å². The molecule has 0 aromatic heterocycles. The highest BCUT2D eigenvalue weighted by molar-refractivity contribution is 6.31. The minimum absolute atomic E-state index is 0.0249. The Morgan fingerprint density at radius 2 is 2.33 bits per heavy atom. The molecule has 1 aromatic carbocycles. The van der Waals surface area contributed by atoms with Gasteiger partial charge in [-0.15, -0.1) is 0 Å². The summed E-state index contributed by atoms with van der Waals surface area (Å²) in [7, 11) is 1.95. The van der Waals surface area contributed by atoms with Crippen LogP contribution in [-0.2, 0) is 4.74 Å². The molecule has 18 heavy (non-hydrogen) atoms. The molecule has 5 heteroatoms. The number of benzene rings is 1.